The number of carboxylic acid groups (broad SMARTS) is 1. The number of aromatic carboxylic acids is 1. The molecule has 1 fully saturated rings. The van der Waals surface area contributed by atoms with E-state index in [-0.39, 0.29) is 17.3 Å². The molecule has 0 amide bonds. The van der Waals surface area contributed by atoms with E-state index in [4.69, 9.17) is 5.11 Å². The average molecular weight is 292 g/mol. The first-order valence-corrected chi connectivity index (χ1v) is 7.09. The fourth-order valence-corrected chi connectivity index (χ4v) is 3.09. The van der Waals surface area contributed by atoms with Gasteiger partial charge in [-0.05, 0) is 37.3 Å². The monoisotopic (exact) mass is 292 g/mol. The molecule has 0 spiro atoms. The van der Waals surface area contributed by atoms with Crippen LogP contribution in [0.25, 0.3) is 0 Å². The molecule has 114 valence electrons. The highest BCUT2D eigenvalue weighted by Gasteiger charge is 2.30. The van der Waals surface area contributed by atoms with E-state index in [0.29, 0.717) is 11.8 Å². The minimum absolute atomic E-state index is 0.269. The first-order valence-electron chi connectivity index (χ1n) is 7.09. The summed E-state index contributed by atoms with van der Waals surface area (Å²) in [5.74, 6) is -0.275. The van der Waals surface area contributed by atoms with Crippen molar-refractivity contribution in [2.24, 2.45) is 11.8 Å². The Kier molecular flexibility index (Phi) is 4.16. The SMILES string of the molecule is CC1CC(C)C(C)N(c2ccc(C(=O)O)c([N+](=O)[O-])c2)C1. The maximum Gasteiger partial charge on any atom is 0.342 e. The summed E-state index contributed by atoms with van der Waals surface area (Å²) in [6.45, 7) is 7.27. The van der Waals surface area contributed by atoms with Crippen molar-refractivity contribution in [2.45, 2.75) is 33.2 Å². The molecule has 0 bridgehead atoms. The van der Waals surface area contributed by atoms with Crippen LogP contribution >= 0.6 is 0 Å². The van der Waals surface area contributed by atoms with Crippen LogP contribution in [0.5, 0.6) is 0 Å². The molecule has 6 heteroatoms. The van der Waals surface area contributed by atoms with Gasteiger partial charge in [-0.1, -0.05) is 13.8 Å². The third-order valence-corrected chi connectivity index (χ3v) is 4.34. The quantitative estimate of drug-likeness (QED) is 0.683. The summed E-state index contributed by atoms with van der Waals surface area (Å²) in [7, 11) is 0. The van der Waals surface area contributed by atoms with Gasteiger partial charge in [0, 0.05) is 24.3 Å². The van der Waals surface area contributed by atoms with E-state index in [2.05, 4.69) is 25.7 Å². The maximum atomic E-state index is 11.1. The molecule has 1 aliphatic heterocycles. The molecular formula is C15H20N2O4. The van der Waals surface area contributed by atoms with Gasteiger partial charge in [0.05, 0.1) is 4.92 Å². The number of anilines is 1. The Morgan fingerprint density at radius 3 is 2.62 bits per heavy atom. The van der Waals surface area contributed by atoms with Crippen molar-refractivity contribution in [1.82, 2.24) is 0 Å². The number of hydrogen-bond donors (Lipinski definition) is 1. The van der Waals surface area contributed by atoms with E-state index >= 15 is 0 Å². The number of piperidine rings is 1. The molecule has 0 saturated carbocycles. The van der Waals surface area contributed by atoms with Gasteiger partial charge >= 0.3 is 5.97 Å². The maximum absolute atomic E-state index is 11.1. The van der Waals surface area contributed by atoms with Crippen molar-refractivity contribution in [3.63, 3.8) is 0 Å². The predicted octanol–water partition coefficient (Wildman–Crippen LogP) is 3.16. The van der Waals surface area contributed by atoms with Gasteiger partial charge in [-0.3, -0.25) is 10.1 Å². The Hall–Kier alpha value is -2.11. The molecule has 1 aromatic rings. The fraction of sp³-hybridized carbons (Fsp3) is 0.533. The van der Waals surface area contributed by atoms with E-state index < -0.39 is 10.9 Å². The number of nitro groups is 1. The molecule has 6 nitrogen and oxygen atoms in total. The molecule has 0 aliphatic carbocycles. The number of nitrogens with zero attached hydrogens (tertiary/aromatic N) is 2. The fourth-order valence-electron chi connectivity index (χ4n) is 3.09. The van der Waals surface area contributed by atoms with E-state index in [1.807, 2.05) is 0 Å². The lowest BCUT2D eigenvalue weighted by molar-refractivity contribution is -0.385. The highest BCUT2D eigenvalue weighted by atomic mass is 16.6. The van der Waals surface area contributed by atoms with Gasteiger partial charge < -0.3 is 10.0 Å². The van der Waals surface area contributed by atoms with Gasteiger partial charge in [0.2, 0.25) is 0 Å². The molecule has 3 atom stereocenters. The van der Waals surface area contributed by atoms with Gasteiger partial charge in [-0.25, -0.2) is 4.79 Å². The lowest BCUT2D eigenvalue weighted by atomic mass is 9.85. The van der Waals surface area contributed by atoms with Crippen LogP contribution in [0.3, 0.4) is 0 Å². The van der Waals surface area contributed by atoms with E-state index in [0.717, 1.165) is 18.7 Å². The standard InChI is InChI=1S/C15H20N2O4/c1-9-6-10(2)11(3)16(8-9)12-4-5-13(15(18)19)14(7-12)17(20)21/h4-5,7,9-11H,6,8H2,1-3H3,(H,18,19). The van der Waals surface area contributed by atoms with Gasteiger partial charge in [0.15, 0.2) is 0 Å². The molecule has 1 aliphatic rings. The summed E-state index contributed by atoms with van der Waals surface area (Å²) in [5.41, 5.74) is 0.102. The summed E-state index contributed by atoms with van der Waals surface area (Å²) < 4.78 is 0. The van der Waals surface area contributed by atoms with Crippen LogP contribution in [-0.4, -0.2) is 28.6 Å². The van der Waals surface area contributed by atoms with Gasteiger partial charge in [0.1, 0.15) is 5.56 Å². The van der Waals surface area contributed by atoms with Crippen molar-refractivity contribution in [1.29, 1.82) is 0 Å². The van der Waals surface area contributed by atoms with Crippen molar-refractivity contribution < 1.29 is 14.8 Å². The van der Waals surface area contributed by atoms with Crippen LogP contribution in [-0.2, 0) is 0 Å². The summed E-state index contributed by atoms with van der Waals surface area (Å²) in [6.07, 6.45) is 1.13. The molecule has 0 aromatic heterocycles. The minimum Gasteiger partial charge on any atom is -0.477 e. The lowest BCUT2D eigenvalue weighted by Crippen LogP contribution is -2.45. The summed E-state index contributed by atoms with van der Waals surface area (Å²) >= 11 is 0. The second kappa shape index (κ2) is 5.71. The summed E-state index contributed by atoms with van der Waals surface area (Å²) in [4.78, 5) is 23.7. The second-order valence-corrected chi connectivity index (χ2v) is 5.97. The van der Waals surface area contributed by atoms with Crippen LogP contribution in [0.4, 0.5) is 11.4 Å². The van der Waals surface area contributed by atoms with Crippen LogP contribution in [0.2, 0.25) is 0 Å². The lowest BCUT2D eigenvalue weighted by Gasteiger charge is -2.42. The normalized spacial score (nSPS) is 25.7. The van der Waals surface area contributed by atoms with Gasteiger partial charge in [0.25, 0.3) is 5.69 Å². The van der Waals surface area contributed by atoms with Gasteiger partial charge in [-0.2, -0.15) is 0 Å². The van der Waals surface area contributed by atoms with Crippen molar-refractivity contribution >= 4 is 17.3 Å². The predicted molar refractivity (Wildman–Crippen MR) is 79.8 cm³/mol. The van der Waals surface area contributed by atoms with Gasteiger partial charge in [-0.15, -0.1) is 0 Å². The smallest absolute Gasteiger partial charge is 0.342 e. The topological polar surface area (TPSA) is 83.7 Å². The number of carbonyl (C=O) groups is 1. The molecule has 0 radical (unpaired) electrons. The van der Waals surface area contributed by atoms with Crippen LogP contribution in [0.15, 0.2) is 18.2 Å². The number of benzene rings is 1. The van der Waals surface area contributed by atoms with E-state index in [9.17, 15) is 14.9 Å². The first-order chi connectivity index (χ1) is 9.81. The van der Waals surface area contributed by atoms with Crippen molar-refractivity contribution in [3.8, 4) is 0 Å². The summed E-state index contributed by atoms with van der Waals surface area (Å²) in [6, 6.07) is 4.64. The molecule has 3 unspecified atom stereocenters. The zero-order chi connectivity index (χ0) is 15.7. The third-order valence-electron chi connectivity index (χ3n) is 4.34. The number of hydrogen-bond acceptors (Lipinski definition) is 4. The third kappa shape index (κ3) is 2.99. The molecule has 1 saturated heterocycles. The minimum atomic E-state index is -1.28. The largest absolute Gasteiger partial charge is 0.477 e. The molecule has 1 heterocycles. The highest BCUT2D eigenvalue weighted by Crippen LogP contribution is 2.33. The highest BCUT2D eigenvalue weighted by molar-refractivity contribution is 5.93. The number of nitro benzene ring substituents is 1. The molecule has 1 aromatic carbocycles. The van der Waals surface area contributed by atoms with Crippen molar-refractivity contribution in [3.05, 3.63) is 33.9 Å². The molecule has 1 N–H and O–H groups in total. The Morgan fingerprint density at radius 1 is 1.38 bits per heavy atom. The average Bonchev–Trinajstić information content (AvgIpc) is 2.42. The molecule has 21 heavy (non-hydrogen) atoms. The zero-order valence-corrected chi connectivity index (χ0v) is 12.4. The Morgan fingerprint density at radius 2 is 2.05 bits per heavy atom. The summed E-state index contributed by atoms with van der Waals surface area (Å²) in [5, 5.41) is 20.1. The Labute approximate surface area is 123 Å². The number of rotatable bonds is 3. The van der Waals surface area contributed by atoms with Crippen LogP contribution < -0.4 is 4.90 Å². The van der Waals surface area contributed by atoms with Crippen molar-refractivity contribution in [2.75, 3.05) is 11.4 Å². The number of carboxylic acids is 1. The van der Waals surface area contributed by atoms with Crippen LogP contribution in [0.1, 0.15) is 37.6 Å². The molecular weight excluding hydrogens is 272 g/mol. The Bertz CT molecular complexity index is 573. The van der Waals surface area contributed by atoms with Crippen LogP contribution in [0, 0.1) is 22.0 Å². The van der Waals surface area contributed by atoms with E-state index in [1.165, 1.54) is 12.1 Å². The Balaban J connectivity index is 2.42. The second-order valence-electron chi connectivity index (χ2n) is 5.97. The first kappa shape index (κ1) is 15.3. The van der Waals surface area contributed by atoms with E-state index in [1.54, 1.807) is 6.07 Å². The molecule has 2 rings (SSSR count). The zero-order valence-electron chi connectivity index (χ0n) is 12.4.